The quantitative estimate of drug-likeness (QED) is 0.728. The van der Waals surface area contributed by atoms with Crippen LogP contribution in [0.15, 0.2) is 24.3 Å². The lowest BCUT2D eigenvalue weighted by Gasteiger charge is -2.21. The van der Waals surface area contributed by atoms with Gasteiger partial charge in [0.05, 0.1) is 5.92 Å². The van der Waals surface area contributed by atoms with Crippen LogP contribution in [-0.2, 0) is 9.59 Å². The SMILES string of the molecule is CC(=O)C(C(C)=O)C(C)c1ccccc1C. The number of benzene rings is 1. The van der Waals surface area contributed by atoms with E-state index in [0.29, 0.717) is 0 Å². The van der Waals surface area contributed by atoms with E-state index in [9.17, 15) is 9.59 Å². The maximum Gasteiger partial charge on any atom is 0.140 e. The van der Waals surface area contributed by atoms with E-state index in [1.54, 1.807) is 0 Å². The van der Waals surface area contributed by atoms with Gasteiger partial charge in [0.1, 0.15) is 11.6 Å². The molecule has 2 heteroatoms. The molecule has 0 saturated heterocycles. The fourth-order valence-corrected chi connectivity index (χ4v) is 2.27. The van der Waals surface area contributed by atoms with Gasteiger partial charge in [-0.2, -0.15) is 0 Å². The standard InChI is InChI=1S/C14H18O2/c1-9-7-5-6-8-13(9)10(2)14(11(3)15)12(4)16/h5-8,10,14H,1-4H3. The topological polar surface area (TPSA) is 34.1 Å². The van der Waals surface area contributed by atoms with Gasteiger partial charge in [-0.25, -0.2) is 0 Å². The van der Waals surface area contributed by atoms with Crippen LogP contribution < -0.4 is 0 Å². The molecule has 0 N–H and O–H groups in total. The predicted octanol–water partition coefficient (Wildman–Crippen LogP) is 2.89. The number of Topliss-reactive ketones (excluding diaryl/α,β-unsaturated/α-hetero) is 2. The molecule has 1 unspecified atom stereocenters. The van der Waals surface area contributed by atoms with Crippen molar-refractivity contribution in [3.8, 4) is 0 Å². The second-order valence-electron chi connectivity index (χ2n) is 4.34. The van der Waals surface area contributed by atoms with Gasteiger partial charge >= 0.3 is 0 Å². The van der Waals surface area contributed by atoms with Crippen molar-refractivity contribution in [2.75, 3.05) is 0 Å². The Morgan fingerprint density at radius 3 is 2.00 bits per heavy atom. The molecule has 1 atom stereocenters. The Labute approximate surface area is 96.7 Å². The first kappa shape index (κ1) is 12.6. The van der Waals surface area contributed by atoms with Crippen molar-refractivity contribution >= 4 is 11.6 Å². The van der Waals surface area contributed by atoms with Crippen LogP contribution in [0.25, 0.3) is 0 Å². The zero-order chi connectivity index (χ0) is 12.3. The molecule has 0 heterocycles. The summed E-state index contributed by atoms with van der Waals surface area (Å²) in [6.45, 7) is 6.92. The Hall–Kier alpha value is -1.44. The van der Waals surface area contributed by atoms with Gasteiger partial charge in [0.15, 0.2) is 0 Å². The zero-order valence-electron chi connectivity index (χ0n) is 10.3. The Balaban J connectivity index is 3.09. The maximum atomic E-state index is 11.5. The van der Waals surface area contributed by atoms with E-state index in [2.05, 4.69) is 0 Å². The van der Waals surface area contributed by atoms with E-state index in [1.165, 1.54) is 13.8 Å². The van der Waals surface area contributed by atoms with Crippen LogP contribution in [0.3, 0.4) is 0 Å². The molecular formula is C14H18O2. The first-order valence-electron chi connectivity index (χ1n) is 5.51. The first-order chi connectivity index (χ1) is 7.45. The third kappa shape index (κ3) is 2.57. The lowest BCUT2D eigenvalue weighted by Crippen LogP contribution is -2.25. The van der Waals surface area contributed by atoms with Crippen molar-refractivity contribution in [2.24, 2.45) is 5.92 Å². The fourth-order valence-electron chi connectivity index (χ4n) is 2.27. The van der Waals surface area contributed by atoms with Crippen LogP contribution in [0.4, 0.5) is 0 Å². The van der Waals surface area contributed by atoms with Crippen LogP contribution in [-0.4, -0.2) is 11.6 Å². The number of ketones is 2. The summed E-state index contributed by atoms with van der Waals surface area (Å²) in [6, 6.07) is 7.89. The minimum atomic E-state index is -0.513. The second-order valence-corrected chi connectivity index (χ2v) is 4.34. The largest absolute Gasteiger partial charge is 0.299 e. The maximum absolute atomic E-state index is 11.5. The molecule has 0 bridgehead atoms. The highest BCUT2D eigenvalue weighted by Crippen LogP contribution is 2.28. The molecule has 0 aliphatic carbocycles. The normalized spacial score (nSPS) is 12.6. The Morgan fingerprint density at radius 2 is 1.56 bits per heavy atom. The van der Waals surface area contributed by atoms with E-state index >= 15 is 0 Å². The third-order valence-corrected chi connectivity index (χ3v) is 3.05. The summed E-state index contributed by atoms with van der Waals surface area (Å²) >= 11 is 0. The van der Waals surface area contributed by atoms with Crippen LogP contribution in [0.1, 0.15) is 37.8 Å². The van der Waals surface area contributed by atoms with E-state index in [0.717, 1.165) is 11.1 Å². The van der Waals surface area contributed by atoms with Crippen molar-refractivity contribution in [1.82, 2.24) is 0 Å². The van der Waals surface area contributed by atoms with Gasteiger partial charge in [0.25, 0.3) is 0 Å². The smallest absolute Gasteiger partial charge is 0.140 e. The number of carbonyl (C=O) groups excluding carboxylic acids is 2. The van der Waals surface area contributed by atoms with Gasteiger partial charge in [-0.3, -0.25) is 9.59 Å². The monoisotopic (exact) mass is 218 g/mol. The lowest BCUT2D eigenvalue weighted by atomic mass is 9.81. The molecule has 0 aromatic heterocycles. The van der Waals surface area contributed by atoms with Gasteiger partial charge in [-0.15, -0.1) is 0 Å². The van der Waals surface area contributed by atoms with Gasteiger partial charge < -0.3 is 0 Å². The van der Waals surface area contributed by atoms with Crippen LogP contribution in [0.5, 0.6) is 0 Å². The summed E-state index contributed by atoms with van der Waals surface area (Å²) in [5.41, 5.74) is 2.21. The average molecular weight is 218 g/mol. The summed E-state index contributed by atoms with van der Waals surface area (Å²) in [4.78, 5) is 23.0. The van der Waals surface area contributed by atoms with Crippen molar-refractivity contribution in [1.29, 1.82) is 0 Å². The van der Waals surface area contributed by atoms with Crippen molar-refractivity contribution in [3.63, 3.8) is 0 Å². The van der Waals surface area contributed by atoms with Crippen molar-refractivity contribution in [2.45, 2.75) is 33.6 Å². The number of hydrogen-bond acceptors (Lipinski definition) is 2. The molecule has 0 spiro atoms. The number of carbonyl (C=O) groups is 2. The fraction of sp³-hybridized carbons (Fsp3) is 0.429. The molecule has 0 fully saturated rings. The molecule has 1 rings (SSSR count). The summed E-state index contributed by atoms with van der Waals surface area (Å²) < 4.78 is 0. The summed E-state index contributed by atoms with van der Waals surface area (Å²) in [5.74, 6) is -0.663. The highest BCUT2D eigenvalue weighted by atomic mass is 16.1. The summed E-state index contributed by atoms with van der Waals surface area (Å²) in [7, 11) is 0. The summed E-state index contributed by atoms with van der Waals surface area (Å²) in [6.07, 6.45) is 0. The molecule has 0 saturated carbocycles. The van der Waals surface area contributed by atoms with Crippen molar-refractivity contribution < 1.29 is 9.59 Å². The highest BCUT2D eigenvalue weighted by molar-refractivity contribution is 6.01. The molecule has 1 aromatic carbocycles. The Bertz CT molecular complexity index is 393. The molecule has 0 amide bonds. The second kappa shape index (κ2) is 5.06. The molecular weight excluding hydrogens is 200 g/mol. The van der Waals surface area contributed by atoms with E-state index in [1.807, 2.05) is 38.1 Å². The molecule has 2 nitrogen and oxygen atoms in total. The molecule has 0 aliphatic heterocycles. The van der Waals surface area contributed by atoms with Gasteiger partial charge in [-0.1, -0.05) is 31.2 Å². The zero-order valence-corrected chi connectivity index (χ0v) is 10.3. The number of rotatable bonds is 4. The van der Waals surface area contributed by atoms with E-state index < -0.39 is 5.92 Å². The minimum Gasteiger partial charge on any atom is -0.299 e. The molecule has 16 heavy (non-hydrogen) atoms. The van der Waals surface area contributed by atoms with Gasteiger partial charge in [0.2, 0.25) is 0 Å². The molecule has 86 valence electrons. The molecule has 0 aliphatic rings. The van der Waals surface area contributed by atoms with Crippen LogP contribution in [0, 0.1) is 12.8 Å². The highest BCUT2D eigenvalue weighted by Gasteiger charge is 2.27. The Morgan fingerprint density at radius 1 is 1.06 bits per heavy atom. The van der Waals surface area contributed by atoms with Gasteiger partial charge in [-0.05, 0) is 37.8 Å². The number of hydrogen-bond donors (Lipinski definition) is 0. The number of aryl methyl sites for hydroxylation is 1. The summed E-state index contributed by atoms with van der Waals surface area (Å²) in [5, 5.41) is 0. The van der Waals surface area contributed by atoms with E-state index in [4.69, 9.17) is 0 Å². The van der Waals surface area contributed by atoms with Crippen molar-refractivity contribution in [3.05, 3.63) is 35.4 Å². The Kier molecular flexibility index (Phi) is 3.99. The third-order valence-electron chi connectivity index (χ3n) is 3.05. The molecule has 0 radical (unpaired) electrons. The average Bonchev–Trinajstić information content (AvgIpc) is 2.16. The van der Waals surface area contributed by atoms with Crippen LogP contribution >= 0.6 is 0 Å². The first-order valence-corrected chi connectivity index (χ1v) is 5.51. The molecule has 1 aromatic rings. The lowest BCUT2D eigenvalue weighted by molar-refractivity contribution is -0.131. The minimum absolute atomic E-state index is 0.0452. The predicted molar refractivity (Wildman–Crippen MR) is 64.4 cm³/mol. The van der Waals surface area contributed by atoms with E-state index in [-0.39, 0.29) is 17.5 Å². The van der Waals surface area contributed by atoms with Crippen LogP contribution in [0.2, 0.25) is 0 Å². The van der Waals surface area contributed by atoms with Gasteiger partial charge in [0, 0.05) is 0 Å².